The molecule has 0 spiro atoms. The Bertz CT molecular complexity index is 563. The number of allylic oxidation sites excluding steroid dienone is 3. The van der Waals surface area contributed by atoms with Crippen molar-refractivity contribution < 1.29 is 9.53 Å². The van der Waals surface area contributed by atoms with Crippen molar-refractivity contribution in [2.45, 2.75) is 6.92 Å². The normalized spacial score (nSPS) is 12.1. The number of ether oxygens (including phenoxy) is 1. The molecule has 0 saturated heterocycles. The van der Waals surface area contributed by atoms with Gasteiger partial charge < -0.3 is 15.4 Å². The topological polar surface area (TPSA) is 50.4 Å². The zero-order valence-corrected chi connectivity index (χ0v) is 12.8. The van der Waals surface area contributed by atoms with Crippen molar-refractivity contribution in [1.29, 1.82) is 0 Å². The molecule has 1 aromatic rings. The van der Waals surface area contributed by atoms with E-state index in [4.69, 9.17) is 4.74 Å². The molecule has 21 heavy (non-hydrogen) atoms. The fourth-order valence-electron chi connectivity index (χ4n) is 1.56. The van der Waals surface area contributed by atoms with Crippen LogP contribution in [0.3, 0.4) is 0 Å². The molecule has 1 aromatic carbocycles. The Kier molecular flexibility index (Phi) is 7.53. The lowest BCUT2D eigenvalue weighted by Crippen LogP contribution is -2.23. The molecule has 0 radical (unpaired) electrons. The summed E-state index contributed by atoms with van der Waals surface area (Å²) in [6, 6.07) is 8.97. The van der Waals surface area contributed by atoms with Crippen LogP contribution in [0, 0.1) is 0 Å². The van der Waals surface area contributed by atoms with Crippen molar-refractivity contribution >= 4 is 23.6 Å². The molecule has 1 amide bonds. The van der Waals surface area contributed by atoms with E-state index in [2.05, 4.69) is 22.9 Å². The van der Waals surface area contributed by atoms with E-state index in [0.717, 1.165) is 0 Å². The number of amides is 1. The summed E-state index contributed by atoms with van der Waals surface area (Å²) in [6.45, 7) is 1.87. The predicted octanol–water partition coefficient (Wildman–Crippen LogP) is 2.91. The van der Waals surface area contributed by atoms with Crippen molar-refractivity contribution in [2.24, 2.45) is 0 Å². The van der Waals surface area contributed by atoms with E-state index in [0.29, 0.717) is 17.0 Å². The van der Waals surface area contributed by atoms with Gasteiger partial charge in [0, 0.05) is 11.8 Å². The molecule has 0 heterocycles. The summed E-state index contributed by atoms with van der Waals surface area (Å²) in [5.74, 6) is 0.334. The Labute approximate surface area is 130 Å². The standard InChI is InChI=1S/C16H18N2O2S/c1-3-7-15(20-2)14(10-11-17-12-21)18-16(19)13-8-5-4-6-9-13/h3-12H,1-2H3,(H,17,21)(H,18,19)/b7-3-,11-10+,15-14-. The smallest absolute Gasteiger partial charge is 0.255 e. The van der Waals surface area contributed by atoms with E-state index < -0.39 is 0 Å². The highest BCUT2D eigenvalue weighted by atomic mass is 32.1. The van der Waals surface area contributed by atoms with Gasteiger partial charge in [-0.15, -0.1) is 0 Å². The summed E-state index contributed by atoms with van der Waals surface area (Å²) >= 11 is 4.68. The first-order valence-corrected chi connectivity index (χ1v) is 6.83. The van der Waals surface area contributed by atoms with Gasteiger partial charge in [-0.25, -0.2) is 0 Å². The van der Waals surface area contributed by atoms with Gasteiger partial charge in [0.25, 0.3) is 5.91 Å². The lowest BCUT2D eigenvalue weighted by molar-refractivity contribution is 0.0965. The molecule has 1 rings (SSSR count). The average Bonchev–Trinajstić information content (AvgIpc) is 2.52. The fraction of sp³-hybridized carbons (Fsp3) is 0.125. The number of hydrogen-bond donors (Lipinski definition) is 2. The van der Waals surface area contributed by atoms with E-state index >= 15 is 0 Å². The Morgan fingerprint density at radius 1 is 1.24 bits per heavy atom. The highest BCUT2D eigenvalue weighted by molar-refractivity contribution is 7.78. The number of thiocarbonyl (C=S) groups is 1. The molecule has 0 aliphatic carbocycles. The maximum atomic E-state index is 12.2. The minimum absolute atomic E-state index is 0.211. The van der Waals surface area contributed by atoms with Gasteiger partial charge in [0.05, 0.1) is 18.3 Å². The van der Waals surface area contributed by atoms with Crippen LogP contribution in [0.5, 0.6) is 0 Å². The molecule has 0 unspecified atom stereocenters. The summed E-state index contributed by atoms with van der Waals surface area (Å²) in [6.07, 6.45) is 6.90. The van der Waals surface area contributed by atoms with E-state index in [-0.39, 0.29) is 5.91 Å². The largest absolute Gasteiger partial charge is 0.495 e. The van der Waals surface area contributed by atoms with Crippen LogP contribution in [0.2, 0.25) is 0 Å². The number of hydrogen-bond acceptors (Lipinski definition) is 3. The number of carbonyl (C=O) groups excluding carboxylic acids is 1. The second kappa shape index (κ2) is 9.50. The number of rotatable bonds is 7. The molecule has 0 atom stereocenters. The van der Waals surface area contributed by atoms with Crippen LogP contribution in [0.1, 0.15) is 17.3 Å². The van der Waals surface area contributed by atoms with Gasteiger partial charge in [0.1, 0.15) is 5.76 Å². The minimum Gasteiger partial charge on any atom is -0.495 e. The molecule has 0 aliphatic heterocycles. The zero-order valence-electron chi connectivity index (χ0n) is 12.0. The first-order valence-electron chi connectivity index (χ1n) is 6.36. The zero-order chi connectivity index (χ0) is 15.5. The third-order valence-corrected chi connectivity index (χ3v) is 2.64. The molecule has 110 valence electrons. The summed E-state index contributed by atoms with van der Waals surface area (Å²) in [5, 5.41) is 5.57. The van der Waals surface area contributed by atoms with E-state index in [1.807, 2.05) is 31.2 Å². The summed E-state index contributed by atoms with van der Waals surface area (Å²) in [7, 11) is 1.55. The summed E-state index contributed by atoms with van der Waals surface area (Å²) < 4.78 is 5.28. The Hall–Kier alpha value is -2.40. The second-order valence-corrected chi connectivity index (χ2v) is 4.16. The SMILES string of the molecule is C\C=C/C(OC)=C(\C=C\NC=S)NC(=O)c1ccccc1. The van der Waals surface area contributed by atoms with Gasteiger partial charge >= 0.3 is 0 Å². The highest BCUT2D eigenvalue weighted by Crippen LogP contribution is 2.08. The molecule has 0 fully saturated rings. The monoisotopic (exact) mass is 302 g/mol. The predicted molar refractivity (Wildman–Crippen MR) is 88.7 cm³/mol. The molecule has 2 N–H and O–H groups in total. The van der Waals surface area contributed by atoms with Crippen molar-refractivity contribution in [3.05, 3.63) is 71.8 Å². The van der Waals surface area contributed by atoms with Gasteiger partial charge in [0.15, 0.2) is 0 Å². The first-order chi connectivity index (χ1) is 10.2. The van der Waals surface area contributed by atoms with E-state index in [1.165, 1.54) is 5.49 Å². The Morgan fingerprint density at radius 3 is 2.52 bits per heavy atom. The van der Waals surface area contributed by atoms with Gasteiger partial charge in [0.2, 0.25) is 0 Å². The summed E-state index contributed by atoms with van der Waals surface area (Å²) in [5.41, 5.74) is 2.48. The quantitative estimate of drug-likeness (QED) is 0.462. The number of carbonyl (C=O) groups is 1. The molecule has 0 aromatic heterocycles. The van der Waals surface area contributed by atoms with Crippen molar-refractivity contribution in [2.75, 3.05) is 7.11 Å². The van der Waals surface area contributed by atoms with Crippen molar-refractivity contribution in [3.8, 4) is 0 Å². The van der Waals surface area contributed by atoms with Crippen LogP contribution in [0.15, 0.2) is 66.2 Å². The number of methoxy groups -OCH3 is 1. The van der Waals surface area contributed by atoms with E-state index in [1.54, 1.807) is 37.6 Å². The van der Waals surface area contributed by atoms with Crippen molar-refractivity contribution in [3.63, 3.8) is 0 Å². The highest BCUT2D eigenvalue weighted by Gasteiger charge is 2.09. The summed E-state index contributed by atoms with van der Waals surface area (Å²) in [4.78, 5) is 12.2. The Balaban J connectivity index is 3.02. The average molecular weight is 302 g/mol. The lowest BCUT2D eigenvalue weighted by atomic mass is 10.2. The fourth-order valence-corrected chi connectivity index (χ4v) is 1.64. The van der Waals surface area contributed by atoms with Crippen LogP contribution in [0.4, 0.5) is 0 Å². The van der Waals surface area contributed by atoms with Gasteiger partial charge in [-0.2, -0.15) is 0 Å². The molecule has 5 heteroatoms. The third-order valence-electron chi connectivity index (χ3n) is 2.50. The molecule has 0 aliphatic rings. The van der Waals surface area contributed by atoms with Gasteiger partial charge in [-0.05, 0) is 31.2 Å². The maximum absolute atomic E-state index is 12.2. The Morgan fingerprint density at radius 2 is 1.95 bits per heavy atom. The van der Waals surface area contributed by atoms with Crippen LogP contribution >= 0.6 is 12.2 Å². The van der Waals surface area contributed by atoms with Crippen LogP contribution < -0.4 is 10.6 Å². The van der Waals surface area contributed by atoms with Gasteiger partial charge in [-0.3, -0.25) is 4.79 Å². The maximum Gasteiger partial charge on any atom is 0.255 e. The molecular weight excluding hydrogens is 284 g/mol. The molecule has 0 saturated carbocycles. The molecular formula is C16H18N2O2S. The van der Waals surface area contributed by atoms with E-state index in [9.17, 15) is 4.79 Å². The van der Waals surface area contributed by atoms with Crippen molar-refractivity contribution in [1.82, 2.24) is 10.6 Å². The lowest BCUT2D eigenvalue weighted by Gasteiger charge is -2.10. The van der Waals surface area contributed by atoms with Gasteiger partial charge in [-0.1, -0.05) is 36.5 Å². The van der Waals surface area contributed by atoms with Crippen LogP contribution in [-0.4, -0.2) is 18.5 Å². The number of nitrogens with one attached hydrogen (secondary N) is 2. The molecule has 0 bridgehead atoms. The van der Waals surface area contributed by atoms with Crippen LogP contribution in [-0.2, 0) is 4.74 Å². The molecule has 4 nitrogen and oxygen atoms in total. The first kappa shape index (κ1) is 16.7. The number of benzene rings is 1. The third kappa shape index (κ3) is 5.62. The second-order valence-electron chi connectivity index (χ2n) is 3.92. The van der Waals surface area contributed by atoms with Crippen LogP contribution in [0.25, 0.3) is 0 Å². The minimum atomic E-state index is -0.211.